The van der Waals surface area contributed by atoms with Gasteiger partial charge < -0.3 is 9.30 Å². The Morgan fingerprint density at radius 2 is 1.86 bits per heavy atom. The minimum absolute atomic E-state index is 0.0775. The van der Waals surface area contributed by atoms with Crippen LogP contribution in [-0.2, 0) is 25.9 Å². The van der Waals surface area contributed by atoms with Crippen LogP contribution < -0.4 is 4.80 Å². The molecule has 0 aliphatic rings. The number of hydrogen-bond donors (Lipinski definition) is 0. The molecule has 0 N–H and O–H groups in total. The molecule has 2 aromatic carbocycles. The molecule has 0 saturated carbocycles. The fourth-order valence-electron chi connectivity index (χ4n) is 2.51. The fraction of sp³-hybridized carbons (Fsp3) is 0.167. The van der Waals surface area contributed by atoms with E-state index in [9.17, 15) is 22.4 Å². The van der Waals surface area contributed by atoms with Crippen LogP contribution in [0.4, 0.5) is 4.39 Å². The second kappa shape index (κ2) is 7.64. The molecule has 1 aromatic heterocycles. The molecular formula is C18H15FN2O5S2. The number of thiazole rings is 1. The number of methoxy groups -OCH3 is 1. The van der Waals surface area contributed by atoms with Crippen molar-refractivity contribution in [2.24, 2.45) is 4.99 Å². The van der Waals surface area contributed by atoms with Crippen molar-refractivity contribution in [1.82, 2.24) is 4.57 Å². The Morgan fingerprint density at radius 1 is 1.18 bits per heavy atom. The number of amides is 1. The maximum Gasteiger partial charge on any atom is 0.325 e. The standard InChI is InChI=1S/C18H15FN2O5S2/c1-26-15(22)10-21-16-13(19)4-3-5-14(16)27-18(21)20-17(23)11-6-8-12(9-7-11)28(2,24)25/h3-9H,10H2,1-2H3. The van der Waals surface area contributed by atoms with Gasteiger partial charge in [-0.2, -0.15) is 4.99 Å². The van der Waals surface area contributed by atoms with Crippen LogP contribution in [0.5, 0.6) is 0 Å². The van der Waals surface area contributed by atoms with Gasteiger partial charge in [0.2, 0.25) is 0 Å². The Labute approximate surface area is 163 Å². The Hall–Kier alpha value is -2.85. The molecule has 0 aliphatic heterocycles. The summed E-state index contributed by atoms with van der Waals surface area (Å²) >= 11 is 1.05. The quantitative estimate of drug-likeness (QED) is 0.601. The number of aromatic nitrogens is 1. The predicted molar refractivity (Wildman–Crippen MR) is 101 cm³/mol. The zero-order valence-corrected chi connectivity index (χ0v) is 16.5. The van der Waals surface area contributed by atoms with E-state index < -0.39 is 27.5 Å². The van der Waals surface area contributed by atoms with Crippen molar-refractivity contribution in [3.63, 3.8) is 0 Å². The summed E-state index contributed by atoms with van der Waals surface area (Å²) in [4.78, 5) is 28.5. The minimum Gasteiger partial charge on any atom is -0.468 e. The molecule has 0 atom stereocenters. The summed E-state index contributed by atoms with van der Waals surface area (Å²) in [6.45, 7) is -0.309. The average Bonchev–Trinajstić information content (AvgIpc) is 2.99. The molecule has 0 bridgehead atoms. The van der Waals surface area contributed by atoms with E-state index in [1.807, 2.05) is 0 Å². The topological polar surface area (TPSA) is 94.8 Å². The molecule has 0 fully saturated rings. The molecule has 0 spiro atoms. The molecule has 3 aromatic rings. The Bertz CT molecular complexity index is 1240. The highest BCUT2D eigenvalue weighted by Crippen LogP contribution is 2.20. The summed E-state index contributed by atoms with van der Waals surface area (Å²) in [5.74, 6) is -1.82. The van der Waals surface area contributed by atoms with Crippen LogP contribution in [0, 0.1) is 5.82 Å². The molecule has 1 heterocycles. The van der Waals surface area contributed by atoms with Gasteiger partial charge in [0.15, 0.2) is 14.6 Å². The highest BCUT2D eigenvalue weighted by Gasteiger charge is 2.15. The average molecular weight is 422 g/mol. The van der Waals surface area contributed by atoms with Crippen LogP contribution >= 0.6 is 11.3 Å². The van der Waals surface area contributed by atoms with Crippen LogP contribution in [0.15, 0.2) is 52.4 Å². The molecule has 10 heteroatoms. The van der Waals surface area contributed by atoms with E-state index >= 15 is 0 Å². The normalized spacial score (nSPS) is 12.3. The predicted octanol–water partition coefficient (Wildman–Crippen LogP) is 2.16. The number of nitrogens with zero attached hydrogens (tertiary/aromatic N) is 2. The van der Waals surface area contributed by atoms with Gasteiger partial charge in [-0.15, -0.1) is 0 Å². The number of hydrogen-bond acceptors (Lipinski definition) is 6. The SMILES string of the molecule is COC(=O)Cn1c(=NC(=O)c2ccc(S(C)(=O)=O)cc2)sc2cccc(F)c21. The Kier molecular flexibility index (Phi) is 5.43. The zero-order valence-electron chi connectivity index (χ0n) is 14.9. The summed E-state index contributed by atoms with van der Waals surface area (Å²) < 4.78 is 43.8. The number of esters is 1. The molecule has 0 unspecified atom stereocenters. The van der Waals surface area contributed by atoms with Gasteiger partial charge in [-0.1, -0.05) is 17.4 Å². The maximum absolute atomic E-state index is 14.3. The van der Waals surface area contributed by atoms with Crippen molar-refractivity contribution < 1.29 is 27.1 Å². The summed E-state index contributed by atoms with van der Waals surface area (Å²) in [6, 6.07) is 9.74. The summed E-state index contributed by atoms with van der Waals surface area (Å²) in [5, 5.41) is 0. The number of rotatable bonds is 4. The highest BCUT2D eigenvalue weighted by molar-refractivity contribution is 7.90. The van der Waals surface area contributed by atoms with E-state index in [2.05, 4.69) is 9.73 Å². The third-order valence-corrected chi connectivity index (χ3v) is 6.07. The molecule has 0 radical (unpaired) electrons. The van der Waals surface area contributed by atoms with Crippen molar-refractivity contribution >= 4 is 43.3 Å². The van der Waals surface area contributed by atoms with E-state index in [-0.39, 0.29) is 27.3 Å². The first kappa shape index (κ1) is 19.9. The molecule has 3 rings (SSSR count). The molecule has 146 valence electrons. The number of benzene rings is 2. The number of sulfone groups is 1. The highest BCUT2D eigenvalue weighted by atomic mass is 32.2. The zero-order chi connectivity index (χ0) is 20.5. The molecule has 0 saturated heterocycles. The molecule has 7 nitrogen and oxygen atoms in total. The first-order valence-corrected chi connectivity index (χ1v) is 10.7. The van der Waals surface area contributed by atoms with Gasteiger partial charge in [0.05, 0.1) is 22.2 Å². The van der Waals surface area contributed by atoms with E-state index in [1.165, 1.54) is 48.1 Å². The van der Waals surface area contributed by atoms with Crippen LogP contribution in [0.25, 0.3) is 10.2 Å². The third kappa shape index (κ3) is 4.02. The van der Waals surface area contributed by atoms with Gasteiger partial charge in [-0.25, -0.2) is 12.8 Å². The summed E-state index contributed by atoms with van der Waals surface area (Å²) in [7, 11) is -2.18. The molecule has 28 heavy (non-hydrogen) atoms. The smallest absolute Gasteiger partial charge is 0.325 e. The van der Waals surface area contributed by atoms with Crippen LogP contribution in [0.3, 0.4) is 0 Å². The summed E-state index contributed by atoms with van der Waals surface area (Å²) in [6.07, 6.45) is 1.07. The van der Waals surface area contributed by atoms with Gasteiger partial charge >= 0.3 is 5.97 Å². The lowest BCUT2D eigenvalue weighted by atomic mass is 10.2. The van der Waals surface area contributed by atoms with E-state index in [1.54, 1.807) is 6.07 Å². The number of ether oxygens (including phenoxy) is 1. The molecular weight excluding hydrogens is 407 g/mol. The molecule has 1 amide bonds. The Morgan fingerprint density at radius 3 is 2.46 bits per heavy atom. The first-order chi connectivity index (χ1) is 13.2. The number of carbonyl (C=O) groups is 2. The second-order valence-electron chi connectivity index (χ2n) is 5.85. The monoisotopic (exact) mass is 422 g/mol. The van der Waals surface area contributed by atoms with Crippen LogP contribution in [0.1, 0.15) is 10.4 Å². The number of carbonyl (C=O) groups excluding carboxylic acids is 2. The van der Waals surface area contributed by atoms with Crippen LogP contribution in [0.2, 0.25) is 0 Å². The van der Waals surface area contributed by atoms with Crippen molar-refractivity contribution in [2.75, 3.05) is 13.4 Å². The number of halogens is 1. The van der Waals surface area contributed by atoms with Gasteiger partial charge in [0.1, 0.15) is 12.4 Å². The van der Waals surface area contributed by atoms with Gasteiger partial charge in [-0.3, -0.25) is 9.59 Å². The van der Waals surface area contributed by atoms with Crippen molar-refractivity contribution in [2.45, 2.75) is 11.4 Å². The number of fused-ring (bicyclic) bond motifs is 1. The lowest BCUT2D eigenvalue weighted by Gasteiger charge is -2.04. The Balaban J connectivity index is 2.10. The van der Waals surface area contributed by atoms with E-state index in [0.717, 1.165) is 17.6 Å². The summed E-state index contributed by atoms with van der Waals surface area (Å²) in [5.41, 5.74) is 0.312. The number of para-hydroxylation sites is 1. The first-order valence-electron chi connectivity index (χ1n) is 7.94. The van der Waals surface area contributed by atoms with Gasteiger partial charge in [0, 0.05) is 11.8 Å². The fourth-order valence-corrected chi connectivity index (χ4v) is 4.18. The van der Waals surface area contributed by atoms with Crippen molar-refractivity contribution in [3.05, 3.63) is 58.6 Å². The van der Waals surface area contributed by atoms with E-state index in [4.69, 9.17) is 0 Å². The lowest BCUT2D eigenvalue weighted by Crippen LogP contribution is -2.22. The lowest BCUT2D eigenvalue weighted by molar-refractivity contribution is -0.141. The maximum atomic E-state index is 14.3. The largest absolute Gasteiger partial charge is 0.468 e. The third-order valence-electron chi connectivity index (χ3n) is 3.89. The van der Waals surface area contributed by atoms with E-state index in [0.29, 0.717) is 4.70 Å². The van der Waals surface area contributed by atoms with Crippen LogP contribution in [-0.4, -0.2) is 38.2 Å². The van der Waals surface area contributed by atoms with Crippen molar-refractivity contribution in [3.8, 4) is 0 Å². The second-order valence-corrected chi connectivity index (χ2v) is 8.87. The minimum atomic E-state index is -3.39. The van der Waals surface area contributed by atoms with Crippen molar-refractivity contribution in [1.29, 1.82) is 0 Å². The van der Waals surface area contributed by atoms with Gasteiger partial charge in [-0.05, 0) is 36.4 Å². The molecule has 0 aliphatic carbocycles. The van der Waals surface area contributed by atoms with Gasteiger partial charge in [0.25, 0.3) is 5.91 Å².